The lowest BCUT2D eigenvalue weighted by Crippen LogP contribution is -2.08. The summed E-state index contributed by atoms with van der Waals surface area (Å²) in [6, 6.07) is 9.90. The minimum Gasteiger partial charge on any atom is -0.389 e. The minimum absolute atomic E-state index is 0.484. The van der Waals surface area contributed by atoms with E-state index in [-0.39, 0.29) is 0 Å². The Labute approximate surface area is 107 Å². The molecule has 0 spiro atoms. The van der Waals surface area contributed by atoms with Gasteiger partial charge in [0.15, 0.2) is 0 Å². The van der Waals surface area contributed by atoms with Gasteiger partial charge in [0.1, 0.15) is 0 Å². The fourth-order valence-electron chi connectivity index (χ4n) is 1.68. The van der Waals surface area contributed by atoms with Crippen molar-refractivity contribution >= 4 is 6.08 Å². The molecular formula is C15H16N2O. The number of benzene rings is 1. The van der Waals surface area contributed by atoms with E-state index in [1.165, 1.54) is 0 Å². The first kappa shape index (κ1) is 12.5. The molecule has 1 aromatic carbocycles. The smallest absolute Gasteiger partial charge is 0.0780 e. The molecule has 2 rings (SSSR count). The van der Waals surface area contributed by atoms with E-state index in [0.717, 1.165) is 17.0 Å². The highest BCUT2D eigenvalue weighted by Crippen LogP contribution is 2.05. The van der Waals surface area contributed by atoms with Crippen LogP contribution in [0.1, 0.15) is 17.0 Å². The summed E-state index contributed by atoms with van der Waals surface area (Å²) < 4.78 is 0. The molecule has 0 aliphatic heterocycles. The van der Waals surface area contributed by atoms with Gasteiger partial charge in [0, 0.05) is 18.8 Å². The lowest BCUT2D eigenvalue weighted by atomic mass is 10.1. The number of aliphatic hydroxyl groups is 1. The standard InChI is InChI=1S/C15H16N2O/c1-12-10-16-11-14(17-12)9-15(18)8-7-13-5-3-2-4-6-13/h2-8,10-11,15,18H,9H2,1H3/b8-7+. The predicted octanol–water partition coefficient (Wildman–Crippen LogP) is 2.40. The zero-order valence-electron chi connectivity index (χ0n) is 10.3. The maximum Gasteiger partial charge on any atom is 0.0780 e. The van der Waals surface area contributed by atoms with Crippen molar-refractivity contribution in [2.45, 2.75) is 19.4 Å². The number of rotatable bonds is 4. The molecule has 0 aliphatic rings. The predicted molar refractivity (Wildman–Crippen MR) is 72.0 cm³/mol. The molecule has 18 heavy (non-hydrogen) atoms. The summed E-state index contributed by atoms with van der Waals surface area (Å²) >= 11 is 0. The van der Waals surface area contributed by atoms with E-state index in [9.17, 15) is 5.11 Å². The Morgan fingerprint density at radius 3 is 2.72 bits per heavy atom. The van der Waals surface area contributed by atoms with Crippen LogP contribution in [0, 0.1) is 6.92 Å². The fraction of sp³-hybridized carbons (Fsp3) is 0.200. The third-order valence-electron chi connectivity index (χ3n) is 2.53. The Balaban J connectivity index is 1.97. The zero-order valence-corrected chi connectivity index (χ0v) is 10.3. The molecule has 0 fully saturated rings. The molecule has 1 heterocycles. The van der Waals surface area contributed by atoms with Crippen molar-refractivity contribution in [3.05, 3.63) is 65.8 Å². The van der Waals surface area contributed by atoms with Crippen molar-refractivity contribution in [3.8, 4) is 0 Å². The van der Waals surface area contributed by atoms with Crippen LogP contribution in [-0.2, 0) is 6.42 Å². The maximum atomic E-state index is 9.90. The monoisotopic (exact) mass is 240 g/mol. The lowest BCUT2D eigenvalue weighted by molar-refractivity contribution is 0.223. The molecule has 0 bridgehead atoms. The Morgan fingerprint density at radius 2 is 2.00 bits per heavy atom. The number of aromatic nitrogens is 2. The third kappa shape index (κ3) is 3.79. The quantitative estimate of drug-likeness (QED) is 0.892. The Morgan fingerprint density at radius 1 is 1.22 bits per heavy atom. The van der Waals surface area contributed by atoms with Crippen molar-refractivity contribution in [3.63, 3.8) is 0 Å². The van der Waals surface area contributed by atoms with E-state index in [0.29, 0.717) is 6.42 Å². The van der Waals surface area contributed by atoms with Gasteiger partial charge in [-0.1, -0.05) is 42.5 Å². The summed E-state index contributed by atoms with van der Waals surface area (Å²) in [5.74, 6) is 0. The molecule has 92 valence electrons. The molecule has 1 atom stereocenters. The molecule has 3 nitrogen and oxygen atoms in total. The molecule has 2 aromatic rings. The van der Waals surface area contributed by atoms with Crippen LogP contribution < -0.4 is 0 Å². The van der Waals surface area contributed by atoms with E-state index in [1.54, 1.807) is 18.5 Å². The van der Waals surface area contributed by atoms with Gasteiger partial charge in [0.25, 0.3) is 0 Å². The maximum absolute atomic E-state index is 9.90. The van der Waals surface area contributed by atoms with E-state index in [2.05, 4.69) is 9.97 Å². The van der Waals surface area contributed by atoms with Gasteiger partial charge in [-0.25, -0.2) is 0 Å². The van der Waals surface area contributed by atoms with Crippen molar-refractivity contribution in [1.29, 1.82) is 0 Å². The third-order valence-corrected chi connectivity index (χ3v) is 2.53. The number of nitrogens with zero attached hydrogens (tertiary/aromatic N) is 2. The van der Waals surface area contributed by atoms with E-state index in [1.807, 2.05) is 43.3 Å². The largest absolute Gasteiger partial charge is 0.389 e. The highest BCUT2D eigenvalue weighted by Gasteiger charge is 2.03. The summed E-state index contributed by atoms with van der Waals surface area (Å²) in [5, 5.41) is 9.90. The highest BCUT2D eigenvalue weighted by atomic mass is 16.3. The molecule has 0 aliphatic carbocycles. The summed E-state index contributed by atoms with van der Waals surface area (Å²) in [6.45, 7) is 1.89. The molecule has 0 saturated carbocycles. The summed E-state index contributed by atoms with van der Waals surface area (Å²) in [7, 11) is 0. The topological polar surface area (TPSA) is 46.0 Å². The van der Waals surface area contributed by atoms with Gasteiger partial charge in [-0.15, -0.1) is 0 Å². The van der Waals surface area contributed by atoms with Crippen LogP contribution in [-0.4, -0.2) is 21.2 Å². The normalized spacial score (nSPS) is 12.8. The highest BCUT2D eigenvalue weighted by molar-refractivity contribution is 5.49. The molecular weight excluding hydrogens is 224 g/mol. The van der Waals surface area contributed by atoms with Crippen molar-refractivity contribution in [2.24, 2.45) is 0 Å². The van der Waals surface area contributed by atoms with Gasteiger partial charge >= 0.3 is 0 Å². The number of aryl methyl sites for hydroxylation is 1. The van der Waals surface area contributed by atoms with Crippen molar-refractivity contribution in [1.82, 2.24) is 9.97 Å². The van der Waals surface area contributed by atoms with Crippen LogP contribution in [0.2, 0.25) is 0 Å². The summed E-state index contributed by atoms with van der Waals surface area (Å²) in [5.41, 5.74) is 2.75. The zero-order chi connectivity index (χ0) is 12.8. The SMILES string of the molecule is Cc1cncc(CC(O)/C=C/c2ccccc2)n1. The molecule has 1 aromatic heterocycles. The first-order valence-electron chi connectivity index (χ1n) is 5.93. The van der Waals surface area contributed by atoms with Crippen molar-refractivity contribution < 1.29 is 5.11 Å². The average molecular weight is 240 g/mol. The van der Waals surface area contributed by atoms with Crippen molar-refractivity contribution in [2.75, 3.05) is 0 Å². The average Bonchev–Trinajstić information content (AvgIpc) is 2.38. The van der Waals surface area contributed by atoms with Gasteiger partial charge in [-0.2, -0.15) is 0 Å². The number of hydrogen-bond donors (Lipinski definition) is 1. The van der Waals surface area contributed by atoms with Crippen LogP contribution in [0.3, 0.4) is 0 Å². The number of aliphatic hydroxyl groups excluding tert-OH is 1. The van der Waals surface area contributed by atoms with Crippen LogP contribution in [0.5, 0.6) is 0 Å². The second-order valence-corrected chi connectivity index (χ2v) is 4.19. The van der Waals surface area contributed by atoms with Gasteiger partial charge in [0.05, 0.1) is 17.5 Å². The summed E-state index contributed by atoms with van der Waals surface area (Å²) in [6.07, 6.45) is 7.02. The van der Waals surface area contributed by atoms with E-state index < -0.39 is 6.10 Å². The molecule has 0 saturated heterocycles. The Hall–Kier alpha value is -2.00. The second-order valence-electron chi connectivity index (χ2n) is 4.19. The summed E-state index contributed by atoms with van der Waals surface area (Å²) in [4.78, 5) is 8.37. The Bertz CT molecular complexity index is 523. The Kier molecular flexibility index (Phi) is 4.20. The van der Waals surface area contributed by atoms with Gasteiger partial charge in [0.2, 0.25) is 0 Å². The first-order chi connectivity index (χ1) is 8.74. The van der Waals surface area contributed by atoms with Gasteiger partial charge in [-0.3, -0.25) is 9.97 Å². The van der Waals surface area contributed by atoms with E-state index in [4.69, 9.17) is 0 Å². The van der Waals surface area contributed by atoms with Crippen LogP contribution in [0.15, 0.2) is 48.8 Å². The van der Waals surface area contributed by atoms with Gasteiger partial charge in [-0.05, 0) is 12.5 Å². The molecule has 1 N–H and O–H groups in total. The molecule has 1 unspecified atom stereocenters. The van der Waals surface area contributed by atoms with Gasteiger partial charge < -0.3 is 5.11 Å². The molecule has 0 amide bonds. The van der Waals surface area contributed by atoms with Crippen LogP contribution >= 0.6 is 0 Å². The van der Waals surface area contributed by atoms with E-state index >= 15 is 0 Å². The lowest BCUT2D eigenvalue weighted by Gasteiger charge is -2.05. The molecule has 3 heteroatoms. The van der Waals surface area contributed by atoms with Crippen LogP contribution in [0.25, 0.3) is 6.08 Å². The minimum atomic E-state index is -0.540. The number of hydrogen-bond acceptors (Lipinski definition) is 3. The molecule has 0 radical (unpaired) electrons. The first-order valence-corrected chi connectivity index (χ1v) is 5.93. The van der Waals surface area contributed by atoms with Crippen LogP contribution in [0.4, 0.5) is 0 Å². The fourth-order valence-corrected chi connectivity index (χ4v) is 1.68. The second kappa shape index (κ2) is 6.07.